The molecule has 25 heavy (non-hydrogen) atoms. The van der Waals surface area contributed by atoms with Crippen molar-refractivity contribution in [2.45, 2.75) is 71.1 Å². The molecule has 0 unspecified atom stereocenters. The van der Waals surface area contributed by atoms with Gasteiger partial charge in [0.1, 0.15) is 0 Å². The standard InChI is InChI=1S/C21H27BrS3/c1-2-3-4-5-6-7-8-9-10-16-13-18(22)20(24-16)14-17-15-21-19(25-17)11-12-23-21/h11-13,15H,2-10,14H2,1H3. The first-order chi connectivity index (χ1) is 12.3. The third-order valence-electron chi connectivity index (χ3n) is 4.61. The van der Waals surface area contributed by atoms with E-state index in [2.05, 4.69) is 46.4 Å². The summed E-state index contributed by atoms with van der Waals surface area (Å²) in [5.74, 6) is 0. The molecule has 3 aromatic rings. The molecule has 0 aliphatic rings. The fraction of sp³-hybridized carbons (Fsp3) is 0.524. The monoisotopic (exact) mass is 454 g/mol. The van der Waals surface area contributed by atoms with Crippen molar-refractivity contribution in [3.63, 3.8) is 0 Å². The van der Waals surface area contributed by atoms with Crippen LogP contribution in [0.2, 0.25) is 0 Å². The molecule has 0 saturated carbocycles. The van der Waals surface area contributed by atoms with Crippen molar-refractivity contribution in [3.8, 4) is 0 Å². The predicted octanol–water partition coefficient (Wildman–Crippen LogP) is 9.06. The third kappa shape index (κ3) is 5.92. The van der Waals surface area contributed by atoms with E-state index < -0.39 is 0 Å². The normalized spacial score (nSPS) is 11.6. The highest BCUT2D eigenvalue weighted by Crippen LogP contribution is 2.35. The van der Waals surface area contributed by atoms with Crippen LogP contribution in [0.3, 0.4) is 0 Å². The van der Waals surface area contributed by atoms with Crippen LogP contribution in [0.4, 0.5) is 0 Å². The minimum Gasteiger partial charge on any atom is -0.144 e. The molecule has 0 saturated heterocycles. The summed E-state index contributed by atoms with van der Waals surface area (Å²) in [6.45, 7) is 2.29. The molecular weight excluding hydrogens is 428 g/mol. The summed E-state index contributed by atoms with van der Waals surface area (Å²) in [5, 5.41) is 2.19. The van der Waals surface area contributed by atoms with Gasteiger partial charge in [0.25, 0.3) is 0 Å². The average molecular weight is 456 g/mol. The molecule has 3 aromatic heterocycles. The third-order valence-corrected chi connectivity index (χ3v) is 8.87. The fourth-order valence-electron chi connectivity index (χ4n) is 3.20. The first kappa shape index (κ1) is 19.6. The van der Waals surface area contributed by atoms with E-state index in [0.29, 0.717) is 0 Å². The van der Waals surface area contributed by atoms with Gasteiger partial charge in [0.15, 0.2) is 0 Å². The largest absolute Gasteiger partial charge is 0.144 e. The van der Waals surface area contributed by atoms with E-state index >= 15 is 0 Å². The lowest BCUT2D eigenvalue weighted by Gasteiger charge is -2.00. The topological polar surface area (TPSA) is 0 Å². The lowest BCUT2D eigenvalue weighted by molar-refractivity contribution is 0.576. The van der Waals surface area contributed by atoms with Crippen LogP contribution in [0.5, 0.6) is 0 Å². The van der Waals surface area contributed by atoms with Crippen LogP contribution in [-0.4, -0.2) is 0 Å². The van der Waals surface area contributed by atoms with E-state index in [1.807, 2.05) is 34.0 Å². The van der Waals surface area contributed by atoms with Crippen LogP contribution >= 0.6 is 49.9 Å². The van der Waals surface area contributed by atoms with Crippen molar-refractivity contribution in [2.75, 3.05) is 0 Å². The first-order valence-corrected chi connectivity index (χ1v) is 12.8. The fourth-order valence-corrected chi connectivity index (χ4v) is 7.37. The van der Waals surface area contributed by atoms with Crippen molar-refractivity contribution in [1.29, 1.82) is 0 Å². The molecule has 0 aliphatic heterocycles. The second-order valence-electron chi connectivity index (χ2n) is 6.75. The van der Waals surface area contributed by atoms with Gasteiger partial charge in [0, 0.05) is 34.9 Å². The minimum absolute atomic E-state index is 1.08. The summed E-state index contributed by atoms with van der Waals surface area (Å²) < 4.78 is 4.18. The molecule has 0 aliphatic carbocycles. The van der Waals surface area contributed by atoms with Gasteiger partial charge in [0.05, 0.1) is 0 Å². The molecule has 0 aromatic carbocycles. The number of unbranched alkanes of at least 4 members (excludes halogenated alkanes) is 7. The Morgan fingerprint density at radius 1 is 0.840 bits per heavy atom. The van der Waals surface area contributed by atoms with Gasteiger partial charge in [-0.15, -0.1) is 34.0 Å². The molecule has 0 bridgehead atoms. The first-order valence-electron chi connectivity index (χ1n) is 9.49. The summed E-state index contributed by atoms with van der Waals surface area (Å²) in [5.41, 5.74) is 0. The molecule has 3 rings (SSSR count). The van der Waals surface area contributed by atoms with Crippen LogP contribution < -0.4 is 0 Å². The van der Waals surface area contributed by atoms with Gasteiger partial charge in [0.2, 0.25) is 0 Å². The van der Waals surface area contributed by atoms with Crippen molar-refractivity contribution in [3.05, 3.63) is 42.7 Å². The lowest BCUT2D eigenvalue weighted by atomic mass is 10.1. The molecule has 136 valence electrons. The van der Waals surface area contributed by atoms with Crippen molar-refractivity contribution in [1.82, 2.24) is 0 Å². The van der Waals surface area contributed by atoms with Crippen LogP contribution in [0.1, 0.15) is 72.9 Å². The zero-order valence-corrected chi connectivity index (χ0v) is 19.0. The SMILES string of the molecule is CCCCCCCCCCc1cc(Br)c(Cc2cc3sccc3s2)s1. The van der Waals surface area contributed by atoms with Gasteiger partial charge in [-0.3, -0.25) is 0 Å². The minimum atomic E-state index is 1.08. The zero-order valence-electron chi connectivity index (χ0n) is 15.0. The molecule has 0 N–H and O–H groups in total. The Bertz CT molecular complexity index is 737. The number of halogens is 1. The number of thiophene rings is 3. The predicted molar refractivity (Wildman–Crippen MR) is 121 cm³/mol. The highest BCUT2D eigenvalue weighted by atomic mass is 79.9. The number of fused-ring (bicyclic) bond motifs is 1. The van der Waals surface area contributed by atoms with Crippen molar-refractivity contribution >= 4 is 59.3 Å². The van der Waals surface area contributed by atoms with Gasteiger partial charge < -0.3 is 0 Å². The second-order valence-corrected chi connectivity index (χ2v) is 10.9. The van der Waals surface area contributed by atoms with Crippen LogP contribution in [0.25, 0.3) is 9.40 Å². The molecule has 0 nitrogen and oxygen atoms in total. The van der Waals surface area contributed by atoms with E-state index in [1.165, 1.54) is 81.4 Å². The number of hydrogen-bond donors (Lipinski definition) is 0. The molecule has 0 fully saturated rings. The summed E-state index contributed by atoms with van der Waals surface area (Å²) in [6, 6.07) is 6.97. The van der Waals surface area contributed by atoms with Crippen molar-refractivity contribution < 1.29 is 0 Å². The van der Waals surface area contributed by atoms with E-state index in [1.54, 1.807) is 4.88 Å². The van der Waals surface area contributed by atoms with Gasteiger partial charge in [-0.05, 0) is 52.4 Å². The zero-order chi connectivity index (χ0) is 17.5. The van der Waals surface area contributed by atoms with Crippen LogP contribution in [-0.2, 0) is 12.8 Å². The van der Waals surface area contributed by atoms with E-state index in [4.69, 9.17) is 0 Å². The smallest absolute Gasteiger partial charge is 0.0453 e. The van der Waals surface area contributed by atoms with Gasteiger partial charge in [-0.25, -0.2) is 0 Å². The second kappa shape index (κ2) is 10.2. The summed E-state index contributed by atoms with van der Waals surface area (Å²) in [6.07, 6.45) is 13.5. The quantitative estimate of drug-likeness (QED) is 0.253. The maximum Gasteiger partial charge on any atom is 0.0453 e. The number of hydrogen-bond acceptors (Lipinski definition) is 3. The summed E-state index contributed by atoms with van der Waals surface area (Å²) in [7, 11) is 0. The Hall–Kier alpha value is -0.160. The van der Waals surface area contributed by atoms with Gasteiger partial charge in [-0.1, -0.05) is 51.9 Å². The highest BCUT2D eigenvalue weighted by molar-refractivity contribution is 9.10. The van der Waals surface area contributed by atoms with Gasteiger partial charge >= 0.3 is 0 Å². The van der Waals surface area contributed by atoms with E-state index in [-0.39, 0.29) is 0 Å². The Balaban J connectivity index is 1.42. The van der Waals surface area contributed by atoms with Crippen LogP contribution in [0.15, 0.2) is 28.1 Å². The van der Waals surface area contributed by atoms with E-state index in [9.17, 15) is 0 Å². The molecular formula is C21H27BrS3. The average Bonchev–Trinajstić information content (AvgIpc) is 3.26. The van der Waals surface area contributed by atoms with E-state index in [0.717, 1.165) is 6.42 Å². The molecule has 0 atom stereocenters. The molecule has 0 spiro atoms. The Morgan fingerprint density at radius 3 is 2.36 bits per heavy atom. The molecule has 3 heterocycles. The highest BCUT2D eigenvalue weighted by Gasteiger charge is 2.10. The molecule has 4 heteroatoms. The molecule has 0 radical (unpaired) electrons. The maximum atomic E-state index is 3.78. The lowest BCUT2D eigenvalue weighted by Crippen LogP contribution is -1.83. The molecule has 0 amide bonds. The van der Waals surface area contributed by atoms with Crippen LogP contribution in [0, 0.1) is 0 Å². The Labute approximate surface area is 172 Å². The summed E-state index contributed by atoms with van der Waals surface area (Å²) in [4.78, 5) is 4.53. The summed E-state index contributed by atoms with van der Waals surface area (Å²) >= 11 is 9.59. The Morgan fingerprint density at radius 2 is 1.60 bits per heavy atom. The van der Waals surface area contributed by atoms with Crippen molar-refractivity contribution in [2.24, 2.45) is 0 Å². The maximum absolute atomic E-state index is 3.78. The van der Waals surface area contributed by atoms with Gasteiger partial charge in [-0.2, -0.15) is 0 Å². The number of rotatable bonds is 11. The Kier molecular flexibility index (Phi) is 8.03. The number of aryl methyl sites for hydroxylation is 1.